The highest BCUT2D eigenvalue weighted by Crippen LogP contribution is 2.32. The molecule has 6 nitrogen and oxygen atoms in total. The van der Waals surface area contributed by atoms with Gasteiger partial charge in [-0.3, -0.25) is 14.1 Å². The summed E-state index contributed by atoms with van der Waals surface area (Å²) in [6.07, 6.45) is -1.67. The van der Waals surface area contributed by atoms with E-state index < -0.39 is 32.6 Å². The third-order valence-electron chi connectivity index (χ3n) is 5.18. The maximum Gasteiger partial charge on any atom is 0.416 e. The summed E-state index contributed by atoms with van der Waals surface area (Å²) >= 11 is 0. The van der Waals surface area contributed by atoms with Crippen LogP contribution in [-0.2, 0) is 21.0 Å². The molecule has 0 saturated heterocycles. The Morgan fingerprint density at radius 3 is 2.41 bits per heavy atom. The van der Waals surface area contributed by atoms with Gasteiger partial charge in [0.2, 0.25) is 5.91 Å². The van der Waals surface area contributed by atoms with E-state index in [1.54, 1.807) is 55.7 Å². The summed E-state index contributed by atoms with van der Waals surface area (Å²) in [6, 6.07) is 13.2. The number of benzene rings is 2. The lowest BCUT2D eigenvalue weighted by molar-refractivity contribution is -0.137. The van der Waals surface area contributed by atoms with Crippen LogP contribution in [0.2, 0.25) is 0 Å². The summed E-state index contributed by atoms with van der Waals surface area (Å²) in [5.41, 5.74) is 0.836. The molecule has 1 atom stereocenters. The Balaban J connectivity index is 1.86. The Morgan fingerprint density at radius 1 is 1.09 bits per heavy atom. The van der Waals surface area contributed by atoms with E-state index in [4.69, 9.17) is 0 Å². The Labute approximate surface area is 196 Å². The van der Waals surface area contributed by atoms with E-state index in [2.05, 4.69) is 10.3 Å². The standard InChI is InChI=1S/C24H24F3N3O3S/c1-17-8-10-21(11-9-17)30(14-12-23(31)29-18(2)19-5-4-13-28-16-19)34(32,33)22-7-3-6-20(15-22)24(25,26)27/h3-11,13,15-16,18H,12,14H2,1-2H3,(H,29,31). The smallest absolute Gasteiger partial charge is 0.349 e. The van der Waals surface area contributed by atoms with Crippen molar-refractivity contribution in [3.63, 3.8) is 0 Å². The number of sulfonamides is 1. The van der Waals surface area contributed by atoms with Crippen LogP contribution in [0.1, 0.15) is 36.1 Å². The molecule has 180 valence electrons. The van der Waals surface area contributed by atoms with E-state index >= 15 is 0 Å². The van der Waals surface area contributed by atoms with Gasteiger partial charge in [-0.1, -0.05) is 29.8 Å². The average molecular weight is 492 g/mol. The minimum atomic E-state index is -4.69. The molecule has 0 radical (unpaired) electrons. The van der Waals surface area contributed by atoms with Gasteiger partial charge in [0, 0.05) is 25.4 Å². The van der Waals surface area contributed by atoms with E-state index in [9.17, 15) is 26.4 Å². The second-order valence-corrected chi connectivity index (χ2v) is 9.63. The van der Waals surface area contributed by atoms with Gasteiger partial charge in [-0.05, 0) is 55.8 Å². The van der Waals surface area contributed by atoms with Crippen LogP contribution in [0.25, 0.3) is 0 Å². The zero-order valence-corrected chi connectivity index (χ0v) is 19.4. The molecular weight excluding hydrogens is 467 g/mol. The molecule has 0 aliphatic carbocycles. The fraction of sp³-hybridized carbons (Fsp3) is 0.250. The quantitative estimate of drug-likeness (QED) is 0.488. The van der Waals surface area contributed by atoms with Gasteiger partial charge in [0.1, 0.15) is 0 Å². The van der Waals surface area contributed by atoms with Crippen LogP contribution in [0, 0.1) is 6.92 Å². The van der Waals surface area contributed by atoms with Crippen molar-refractivity contribution >= 4 is 21.6 Å². The number of pyridine rings is 1. The van der Waals surface area contributed by atoms with E-state index in [1.165, 1.54) is 0 Å². The van der Waals surface area contributed by atoms with Crippen molar-refractivity contribution in [2.45, 2.75) is 37.4 Å². The van der Waals surface area contributed by atoms with E-state index in [-0.39, 0.29) is 24.7 Å². The molecule has 1 amide bonds. The third kappa shape index (κ3) is 6.13. The second-order valence-electron chi connectivity index (χ2n) is 7.76. The Hall–Kier alpha value is -3.40. The summed E-state index contributed by atoms with van der Waals surface area (Å²) < 4.78 is 67.2. The van der Waals surface area contributed by atoms with Gasteiger partial charge in [-0.25, -0.2) is 8.42 Å². The van der Waals surface area contributed by atoms with Crippen molar-refractivity contribution in [2.24, 2.45) is 0 Å². The topological polar surface area (TPSA) is 79.4 Å². The number of carbonyl (C=O) groups is 1. The normalized spacial score (nSPS) is 12.7. The van der Waals surface area contributed by atoms with Crippen molar-refractivity contribution in [1.29, 1.82) is 0 Å². The Bertz CT molecular complexity index is 1230. The van der Waals surface area contributed by atoms with Crippen LogP contribution in [0.5, 0.6) is 0 Å². The summed E-state index contributed by atoms with van der Waals surface area (Å²) in [6.45, 7) is 3.34. The summed E-state index contributed by atoms with van der Waals surface area (Å²) in [4.78, 5) is 16.1. The Morgan fingerprint density at radius 2 is 1.79 bits per heavy atom. The first-order valence-electron chi connectivity index (χ1n) is 10.4. The number of alkyl halides is 3. The van der Waals surface area contributed by atoms with Crippen LogP contribution in [0.3, 0.4) is 0 Å². The van der Waals surface area contributed by atoms with Crippen LogP contribution >= 0.6 is 0 Å². The summed E-state index contributed by atoms with van der Waals surface area (Å²) in [5.74, 6) is -0.410. The molecule has 1 unspecified atom stereocenters. The molecule has 0 spiro atoms. The number of rotatable bonds is 8. The number of aromatic nitrogens is 1. The molecule has 1 heterocycles. The maximum atomic E-state index is 13.4. The number of carbonyl (C=O) groups excluding carboxylic acids is 1. The molecule has 2 aromatic carbocycles. The molecule has 0 aliphatic heterocycles. The molecule has 3 aromatic rings. The van der Waals surface area contributed by atoms with E-state index in [0.717, 1.165) is 33.6 Å². The zero-order valence-electron chi connectivity index (χ0n) is 18.6. The fourth-order valence-electron chi connectivity index (χ4n) is 3.29. The van der Waals surface area contributed by atoms with E-state index in [0.29, 0.717) is 6.07 Å². The van der Waals surface area contributed by atoms with Gasteiger partial charge in [0.25, 0.3) is 10.0 Å². The van der Waals surface area contributed by atoms with Gasteiger partial charge in [-0.2, -0.15) is 13.2 Å². The highest BCUT2D eigenvalue weighted by atomic mass is 32.2. The molecule has 1 N–H and O–H groups in total. The second kappa shape index (κ2) is 10.3. The number of nitrogens with one attached hydrogen (secondary N) is 1. The van der Waals surface area contributed by atoms with E-state index in [1.807, 2.05) is 6.92 Å². The zero-order chi connectivity index (χ0) is 24.9. The van der Waals surface area contributed by atoms with Crippen molar-refractivity contribution in [1.82, 2.24) is 10.3 Å². The number of hydrogen-bond acceptors (Lipinski definition) is 4. The predicted molar refractivity (Wildman–Crippen MR) is 123 cm³/mol. The molecule has 3 rings (SSSR count). The molecule has 0 bridgehead atoms. The average Bonchev–Trinajstić information content (AvgIpc) is 2.80. The van der Waals surface area contributed by atoms with Gasteiger partial charge < -0.3 is 5.32 Å². The fourth-order valence-corrected chi connectivity index (χ4v) is 4.80. The first-order chi connectivity index (χ1) is 16.0. The monoisotopic (exact) mass is 491 g/mol. The van der Waals surface area contributed by atoms with Gasteiger partial charge in [0.15, 0.2) is 0 Å². The van der Waals surface area contributed by atoms with Gasteiger partial charge >= 0.3 is 6.18 Å². The molecule has 10 heteroatoms. The van der Waals surface area contributed by atoms with Crippen LogP contribution < -0.4 is 9.62 Å². The number of amides is 1. The largest absolute Gasteiger partial charge is 0.416 e. The van der Waals surface area contributed by atoms with Crippen molar-refractivity contribution in [3.05, 3.63) is 89.7 Å². The predicted octanol–water partition coefficient (Wildman–Crippen LogP) is 4.87. The lowest BCUT2D eigenvalue weighted by Gasteiger charge is -2.25. The summed E-state index contributed by atoms with van der Waals surface area (Å²) in [5, 5.41) is 2.78. The SMILES string of the molecule is Cc1ccc(N(CCC(=O)NC(C)c2cccnc2)S(=O)(=O)c2cccc(C(F)(F)F)c2)cc1. The minimum absolute atomic E-state index is 0.198. The van der Waals surface area contributed by atoms with Crippen LogP contribution in [-0.4, -0.2) is 25.9 Å². The van der Waals surface area contributed by atoms with Crippen molar-refractivity contribution < 1.29 is 26.4 Å². The molecule has 0 fully saturated rings. The lowest BCUT2D eigenvalue weighted by atomic mass is 10.1. The van der Waals surface area contributed by atoms with Gasteiger partial charge in [-0.15, -0.1) is 0 Å². The maximum absolute atomic E-state index is 13.4. The number of hydrogen-bond donors (Lipinski definition) is 1. The summed E-state index contributed by atoms with van der Waals surface area (Å²) in [7, 11) is -4.38. The van der Waals surface area contributed by atoms with Crippen LogP contribution in [0.4, 0.5) is 18.9 Å². The van der Waals surface area contributed by atoms with Gasteiger partial charge in [0.05, 0.1) is 22.2 Å². The lowest BCUT2D eigenvalue weighted by Crippen LogP contribution is -2.36. The van der Waals surface area contributed by atoms with Crippen molar-refractivity contribution in [2.75, 3.05) is 10.8 Å². The number of anilines is 1. The minimum Gasteiger partial charge on any atom is -0.349 e. The van der Waals surface area contributed by atoms with Crippen molar-refractivity contribution in [3.8, 4) is 0 Å². The molecule has 34 heavy (non-hydrogen) atoms. The first-order valence-corrected chi connectivity index (χ1v) is 11.9. The molecular formula is C24H24F3N3O3S. The van der Waals surface area contributed by atoms with Crippen LogP contribution in [0.15, 0.2) is 78.0 Å². The Kier molecular flexibility index (Phi) is 7.61. The number of halogens is 3. The third-order valence-corrected chi connectivity index (χ3v) is 7.00. The number of nitrogens with zero attached hydrogens (tertiary/aromatic N) is 2. The highest BCUT2D eigenvalue weighted by Gasteiger charge is 2.33. The highest BCUT2D eigenvalue weighted by molar-refractivity contribution is 7.92. The molecule has 1 aromatic heterocycles. The molecule has 0 saturated carbocycles. The molecule has 0 aliphatic rings. The number of aryl methyl sites for hydroxylation is 1. The first kappa shape index (κ1) is 25.2.